The molecule has 2 aromatic carbocycles. The van der Waals surface area contributed by atoms with Gasteiger partial charge in [-0.25, -0.2) is 9.97 Å². The van der Waals surface area contributed by atoms with Crippen LogP contribution in [0.3, 0.4) is 0 Å². The normalized spacial score (nSPS) is 10.9. The summed E-state index contributed by atoms with van der Waals surface area (Å²) in [6.07, 6.45) is 1.48. The minimum atomic E-state index is -0.197. The summed E-state index contributed by atoms with van der Waals surface area (Å²) in [5.41, 5.74) is 1.94. The zero-order chi connectivity index (χ0) is 20.6. The lowest BCUT2D eigenvalue weighted by molar-refractivity contribution is 0.102. The summed E-state index contributed by atoms with van der Waals surface area (Å²) in [7, 11) is 1.81. The van der Waals surface area contributed by atoms with Gasteiger partial charge in [0.15, 0.2) is 0 Å². The second-order valence-corrected chi connectivity index (χ2v) is 6.56. The van der Waals surface area contributed by atoms with Crippen molar-refractivity contribution in [2.24, 2.45) is 0 Å². The summed E-state index contributed by atoms with van der Waals surface area (Å²) in [6.45, 7) is 7.76. The van der Waals surface area contributed by atoms with Crippen molar-refractivity contribution in [2.45, 2.75) is 13.8 Å². The van der Waals surface area contributed by atoms with Gasteiger partial charge in [0.2, 0.25) is 0 Å². The molecule has 3 aromatic rings. The third-order valence-electron chi connectivity index (χ3n) is 4.80. The van der Waals surface area contributed by atoms with E-state index >= 15 is 0 Å². The number of nitrogens with zero attached hydrogens (tertiary/aromatic N) is 3. The maximum Gasteiger partial charge on any atom is 0.255 e. The van der Waals surface area contributed by atoms with Crippen molar-refractivity contribution in [3.05, 3.63) is 54.4 Å². The summed E-state index contributed by atoms with van der Waals surface area (Å²) in [4.78, 5) is 23.4. The predicted octanol–water partition coefficient (Wildman–Crippen LogP) is 3.64. The molecule has 0 atom stereocenters. The van der Waals surface area contributed by atoms with Gasteiger partial charge in [-0.2, -0.15) is 0 Å². The number of carbonyl (C=O) groups is 1. The average molecular weight is 393 g/mol. The number of hydrogen-bond donors (Lipinski definition) is 2. The van der Waals surface area contributed by atoms with E-state index in [2.05, 4.69) is 39.3 Å². The zero-order valence-electron chi connectivity index (χ0n) is 17.1. The Bertz CT molecular complexity index is 972. The molecule has 7 heteroatoms. The fourth-order valence-corrected chi connectivity index (χ4v) is 3.10. The number of amides is 1. The van der Waals surface area contributed by atoms with E-state index in [-0.39, 0.29) is 5.91 Å². The van der Waals surface area contributed by atoms with Crippen LogP contribution in [-0.4, -0.2) is 54.1 Å². The van der Waals surface area contributed by atoms with Gasteiger partial charge in [0.25, 0.3) is 5.91 Å². The Hall–Kier alpha value is -3.19. The van der Waals surface area contributed by atoms with Crippen LogP contribution in [-0.2, 0) is 0 Å². The molecule has 3 rings (SSSR count). The molecule has 0 aliphatic rings. The molecule has 0 aliphatic carbocycles. The Morgan fingerprint density at radius 3 is 2.69 bits per heavy atom. The summed E-state index contributed by atoms with van der Waals surface area (Å²) < 4.78 is 5.83. The molecule has 7 nitrogen and oxygen atoms in total. The first kappa shape index (κ1) is 20.5. The van der Waals surface area contributed by atoms with Crippen molar-refractivity contribution >= 4 is 28.3 Å². The number of aromatic nitrogens is 2. The SMILES string of the molecule is CCN(CC)CCOc1cccc(NC(=O)c2ccc3c(NC)ncnc3c2)c1. The van der Waals surface area contributed by atoms with Gasteiger partial charge in [-0.3, -0.25) is 4.79 Å². The molecule has 0 spiro atoms. The molecule has 2 N–H and O–H groups in total. The molecule has 152 valence electrons. The fourth-order valence-electron chi connectivity index (χ4n) is 3.10. The third kappa shape index (κ3) is 5.20. The molecule has 0 aliphatic heterocycles. The summed E-state index contributed by atoms with van der Waals surface area (Å²) in [6, 6.07) is 12.8. The van der Waals surface area contributed by atoms with Gasteiger partial charge in [0.1, 0.15) is 24.5 Å². The highest BCUT2D eigenvalue weighted by Crippen LogP contribution is 2.22. The van der Waals surface area contributed by atoms with Crippen LogP contribution in [0, 0.1) is 0 Å². The number of hydrogen-bond acceptors (Lipinski definition) is 6. The number of benzene rings is 2. The minimum absolute atomic E-state index is 0.197. The van der Waals surface area contributed by atoms with E-state index in [0.29, 0.717) is 23.4 Å². The van der Waals surface area contributed by atoms with Crippen LogP contribution in [0.25, 0.3) is 10.9 Å². The quantitative estimate of drug-likeness (QED) is 0.578. The molecule has 0 unspecified atom stereocenters. The highest BCUT2D eigenvalue weighted by Gasteiger charge is 2.10. The lowest BCUT2D eigenvalue weighted by Crippen LogP contribution is -2.27. The van der Waals surface area contributed by atoms with Gasteiger partial charge >= 0.3 is 0 Å². The van der Waals surface area contributed by atoms with Crippen LogP contribution >= 0.6 is 0 Å². The van der Waals surface area contributed by atoms with Gasteiger partial charge < -0.3 is 20.3 Å². The Kier molecular flexibility index (Phi) is 6.97. The third-order valence-corrected chi connectivity index (χ3v) is 4.80. The Balaban J connectivity index is 1.67. The number of rotatable bonds is 9. The fraction of sp³-hybridized carbons (Fsp3) is 0.318. The van der Waals surface area contributed by atoms with Crippen molar-refractivity contribution in [1.29, 1.82) is 0 Å². The predicted molar refractivity (Wildman–Crippen MR) is 117 cm³/mol. The van der Waals surface area contributed by atoms with Crippen LogP contribution in [0.15, 0.2) is 48.8 Å². The summed E-state index contributed by atoms with van der Waals surface area (Å²) in [5.74, 6) is 1.27. The Labute approximate surface area is 171 Å². The number of carbonyl (C=O) groups excluding carboxylic acids is 1. The summed E-state index contributed by atoms with van der Waals surface area (Å²) in [5, 5.41) is 6.82. The van der Waals surface area contributed by atoms with E-state index in [1.807, 2.05) is 30.3 Å². The van der Waals surface area contributed by atoms with E-state index in [1.165, 1.54) is 6.33 Å². The molecule has 0 fully saturated rings. The highest BCUT2D eigenvalue weighted by atomic mass is 16.5. The molecule has 0 saturated heterocycles. The summed E-state index contributed by atoms with van der Waals surface area (Å²) >= 11 is 0. The van der Waals surface area contributed by atoms with Crippen LogP contribution < -0.4 is 15.4 Å². The van der Waals surface area contributed by atoms with Crippen molar-refractivity contribution in [1.82, 2.24) is 14.9 Å². The van der Waals surface area contributed by atoms with Gasteiger partial charge in [-0.15, -0.1) is 0 Å². The van der Waals surface area contributed by atoms with Crippen molar-refractivity contribution in [3.63, 3.8) is 0 Å². The number of ether oxygens (including phenoxy) is 1. The molecular formula is C22H27N5O2. The van der Waals surface area contributed by atoms with Crippen molar-refractivity contribution in [2.75, 3.05) is 43.9 Å². The molecule has 1 aromatic heterocycles. The topological polar surface area (TPSA) is 79.4 Å². The van der Waals surface area contributed by atoms with E-state index < -0.39 is 0 Å². The zero-order valence-corrected chi connectivity index (χ0v) is 17.1. The maximum absolute atomic E-state index is 12.7. The first-order valence-electron chi connectivity index (χ1n) is 9.83. The molecule has 0 radical (unpaired) electrons. The second-order valence-electron chi connectivity index (χ2n) is 6.56. The number of likely N-dealkylation sites (N-methyl/N-ethyl adjacent to an activating group) is 1. The molecule has 1 heterocycles. The van der Waals surface area contributed by atoms with E-state index in [0.717, 1.165) is 36.6 Å². The van der Waals surface area contributed by atoms with Gasteiger partial charge in [-0.1, -0.05) is 19.9 Å². The van der Waals surface area contributed by atoms with E-state index in [1.54, 1.807) is 19.2 Å². The molecular weight excluding hydrogens is 366 g/mol. The van der Waals surface area contributed by atoms with Crippen LogP contribution in [0.2, 0.25) is 0 Å². The van der Waals surface area contributed by atoms with Crippen LogP contribution in [0.5, 0.6) is 5.75 Å². The monoisotopic (exact) mass is 393 g/mol. The van der Waals surface area contributed by atoms with Crippen molar-refractivity contribution in [3.8, 4) is 5.75 Å². The maximum atomic E-state index is 12.7. The number of anilines is 2. The minimum Gasteiger partial charge on any atom is -0.492 e. The Morgan fingerprint density at radius 1 is 1.10 bits per heavy atom. The number of fused-ring (bicyclic) bond motifs is 1. The second kappa shape index (κ2) is 9.84. The largest absolute Gasteiger partial charge is 0.492 e. The molecule has 29 heavy (non-hydrogen) atoms. The lowest BCUT2D eigenvalue weighted by atomic mass is 10.1. The van der Waals surface area contributed by atoms with E-state index in [9.17, 15) is 4.79 Å². The Morgan fingerprint density at radius 2 is 1.93 bits per heavy atom. The van der Waals surface area contributed by atoms with Gasteiger partial charge in [0, 0.05) is 36.3 Å². The lowest BCUT2D eigenvalue weighted by Gasteiger charge is -2.18. The number of nitrogens with one attached hydrogen (secondary N) is 2. The van der Waals surface area contributed by atoms with Crippen LogP contribution in [0.4, 0.5) is 11.5 Å². The van der Waals surface area contributed by atoms with Gasteiger partial charge in [0.05, 0.1) is 5.52 Å². The molecule has 0 bridgehead atoms. The van der Waals surface area contributed by atoms with E-state index in [4.69, 9.17) is 4.74 Å². The van der Waals surface area contributed by atoms with Crippen molar-refractivity contribution < 1.29 is 9.53 Å². The standard InChI is InChI=1S/C22H27N5O2/c1-4-27(5-2)11-12-29-18-8-6-7-17(14-18)26-22(28)16-9-10-19-20(13-16)24-15-25-21(19)23-3/h6-10,13-15H,4-5,11-12H2,1-3H3,(H,26,28)(H,23,24,25). The first-order valence-corrected chi connectivity index (χ1v) is 9.83. The average Bonchev–Trinajstić information content (AvgIpc) is 2.76. The molecule has 1 amide bonds. The first-order chi connectivity index (χ1) is 14.1. The highest BCUT2D eigenvalue weighted by molar-refractivity contribution is 6.06. The van der Waals surface area contributed by atoms with Gasteiger partial charge in [-0.05, 0) is 43.4 Å². The smallest absolute Gasteiger partial charge is 0.255 e. The van der Waals surface area contributed by atoms with Crippen LogP contribution in [0.1, 0.15) is 24.2 Å². The molecule has 0 saturated carbocycles.